The van der Waals surface area contributed by atoms with Crippen LogP contribution in [-0.4, -0.2) is 5.71 Å². The molecule has 32 heavy (non-hydrogen) atoms. The summed E-state index contributed by atoms with van der Waals surface area (Å²) in [6, 6.07) is 31.9. The van der Waals surface area contributed by atoms with Crippen molar-refractivity contribution in [1.82, 2.24) is 0 Å². The number of hydrazone groups is 1. The van der Waals surface area contributed by atoms with Crippen LogP contribution in [0, 0.1) is 13.8 Å². The number of rotatable bonds is 4. The highest BCUT2D eigenvalue weighted by molar-refractivity contribution is 9.10. The lowest BCUT2D eigenvalue weighted by molar-refractivity contribution is 1.31. The van der Waals surface area contributed by atoms with Crippen LogP contribution in [0.15, 0.2) is 107 Å². The lowest BCUT2D eigenvalue weighted by Crippen LogP contribution is -2.06. The van der Waals surface area contributed by atoms with Crippen LogP contribution in [0.1, 0.15) is 22.3 Å². The molecule has 0 bridgehead atoms. The molecule has 0 spiro atoms. The Balaban J connectivity index is 0.000000269. The fourth-order valence-corrected chi connectivity index (χ4v) is 3.70. The van der Waals surface area contributed by atoms with E-state index in [9.17, 15) is 0 Å². The summed E-state index contributed by atoms with van der Waals surface area (Å²) in [5.74, 6) is 0. The van der Waals surface area contributed by atoms with Crippen LogP contribution < -0.4 is 5.43 Å². The molecule has 5 heteroatoms. The van der Waals surface area contributed by atoms with Crippen LogP contribution in [0.5, 0.6) is 0 Å². The van der Waals surface area contributed by atoms with Crippen molar-refractivity contribution in [2.75, 3.05) is 5.43 Å². The average molecular weight is 526 g/mol. The third-order valence-corrected chi connectivity index (χ3v) is 6.12. The van der Waals surface area contributed by atoms with Gasteiger partial charge in [0.1, 0.15) is 0 Å². The van der Waals surface area contributed by atoms with Crippen LogP contribution in [0.4, 0.5) is 5.69 Å². The summed E-state index contributed by atoms with van der Waals surface area (Å²) in [4.78, 5) is 0. The van der Waals surface area contributed by atoms with Crippen molar-refractivity contribution in [3.63, 3.8) is 0 Å². The zero-order valence-corrected chi connectivity index (χ0v) is 20.9. The van der Waals surface area contributed by atoms with E-state index in [2.05, 4.69) is 26.5 Å². The van der Waals surface area contributed by atoms with Gasteiger partial charge in [0.05, 0.1) is 21.4 Å². The van der Waals surface area contributed by atoms with E-state index in [0.717, 1.165) is 37.6 Å². The Labute approximate surface area is 208 Å². The molecule has 0 heterocycles. The molecule has 4 rings (SSSR count). The first-order valence-electron chi connectivity index (χ1n) is 10.1. The predicted molar refractivity (Wildman–Crippen MR) is 142 cm³/mol. The van der Waals surface area contributed by atoms with Gasteiger partial charge >= 0.3 is 0 Å². The van der Waals surface area contributed by atoms with Gasteiger partial charge in [-0.2, -0.15) is 5.10 Å². The number of benzene rings is 4. The standard InChI is InChI=1S/C20H17ClN2.C7H6BrCl/c1-15-12-13-18(21)19(14-15)22-23-20(16-8-4-2-5-9-16)17-10-6-3-7-11-17;1-5-2-3-7(9)6(8)4-5/h2-14,22H,1H3;2-4H,1H3. The van der Waals surface area contributed by atoms with E-state index in [1.54, 1.807) is 0 Å². The summed E-state index contributed by atoms with van der Waals surface area (Å²) in [5, 5.41) is 6.04. The first-order valence-corrected chi connectivity index (χ1v) is 11.6. The number of hydrogen-bond donors (Lipinski definition) is 1. The van der Waals surface area contributed by atoms with Crippen LogP contribution in [0.3, 0.4) is 0 Å². The maximum Gasteiger partial charge on any atom is 0.0977 e. The second kappa shape index (κ2) is 11.9. The maximum absolute atomic E-state index is 6.24. The molecule has 0 fully saturated rings. The third-order valence-electron chi connectivity index (χ3n) is 4.58. The summed E-state index contributed by atoms with van der Waals surface area (Å²) in [7, 11) is 0. The van der Waals surface area contributed by atoms with Gasteiger partial charge in [-0.15, -0.1) is 0 Å². The van der Waals surface area contributed by atoms with Gasteiger partial charge in [0.25, 0.3) is 0 Å². The number of nitrogens with one attached hydrogen (secondary N) is 1. The number of hydrogen-bond acceptors (Lipinski definition) is 2. The summed E-state index contributed by atoms with van der Waals surface area (Å²) < 4.78 is 0.962. The Kier molecular flexibility index (Phi) is 8.92. The SMILES string of the molecule is Cc1ccc(Cl)c(Br)c1.Cc1ccc(Cl)c(NN=C(c2ccccc2)c2ccccc2)c1. The van der Waals surface area contributed by atoms with Crippen molar-refractivity contribution in [3.05, 3.63) is 134 Å². The molecule has 1 N–H and O–H groups in total. The Morgan fingerprint density at radius 2 is 1.19 bits per heavy atom. The van der Waals surface area contributed by atoms with Crippen LogP contribution >= 0.6 is 39.1 Å². The molecule has 0 aromatic heterocycles. The number of aryl methyl sites for hydroxylation is 2. The molecule has 0 saturated heterocycles. The Morgan fingerprint density at radius 1 is 0.688 bits per heavy atom. The minimum Gasteiger partial charge on any atom is -0.276 e. The van der Waals surface area contributed by atoms with Gasteiger partial charge in [0.2, 0.25) is 0 Å². The second-order valence-electron chi connectivity index (χ2n) is 7.21. The van der Waals surface area contributed by atoms with E-state index in [1.807, 2.05) is 111 Å². The van der Waals surface area contributed by atoms with Gasteiger partial charge in [0, 0.05) is 15.6 Å². The number of halogens is 3. The van der Waals surface area contributed by atoms with Crippen molar-refractivity contribution in [2.45, 2.75) is 13.8 Å². The van der Waals surface area contributed by atoms with E-state index in [0.29, 0.717) is 5.02 Å². The van der Waals surface area contributed by atoms with Crippen molar-refractivity contribution in [1.29, 1.82) is 0 Å². The Hall–Kier alpha value is -2.59. The van der Waals surface area contributed by atoms with Crippen LogP contribution in [0.25, 0.3) is 0 Å². The van der Waals surface area contributed by atoms with E-state index in [-0.39, 0.29) is 0 Å². The molecular formula is C27H23BrCl2N2. The number of anilines is 1. The fraction of sp³-hybridized carbons (Fsp3) is 0.0741. The zero-order chi connectivity index (χ0) is 22.9. The molecule has 4 aromatic rings. The quantitative estimate of drug-likeness (QED) is 0.208. The Bertz CT molecular complexity index is 1150. The molecule has 0 aliphatic rings. The van der Waals surface area contributed by atoms with Gasteiger partial charge in [-0.1, -0.05) is 96.0 Å². The van der Waals surface area contributed by atoms with Crippen molar-refractivity contribution in [3.8, 4) is 0 Å². The number of nitrogens with zero attached hydrogens (tertiary/aromatic N) is 1. The van der Waals surface area contributed by atoms with E-state index in [4.69, 9.17) is 23.2 Å². The predicted octanol–water partition coefficient (Wildman–Crippen LogP) is 8.92. The highest BCUT2D eigenvalue weighted by Crippen LogP contribution is 2.24. The highest BCUT2D eigenvalue weighted by Gasteiger charge is 2.07. The summed E-state index contributed by atoms with van der Waals surface area (Å²) in [6.07, 6.45) is 0. The summed E-state index contributed by atoms with van der Waals surface area (Å²) in [5.41, 5.74) is 9.24. The molecular weight excluding hydrogens is 503 g/mol. The molecule has 0 unspecified atom stereocenters. The molecule has 0 saturated carbocycles. The van der Waals surface area contributed by atoms with E-state index >= 15 is 0 Å². The topological polar surface area (TPSA) is 24.4 Å². The fourth-order valence-electron chi connectivity index (χ4n) is 2.93. The first kappa shape index (κ1) is 24.1. The Morgan fingerprint density at radius 3 is 1.69 bits per heavy atom. The normalized spacial score (nSPS) is 10.0. The van der Waals surface area contributed by atoms with Crippen molar-refractivity contribution >= 4 is 50.5 Å². The molecule has 0 radical (unpaired) electrons. The highest BCUT2D eigenvalue weighted by atomic mass is 79.9. The lowest BCUT2D eigenvalue weighted by Gasteiger charge is -2.10. The second-order valence-corrected chi connectivity index (χ2v) is 8.87. The minimum atomic E-state index is 0.653. The maximum atomic E-state index is 6.24. The van der Waals surface area contributed by atoms with E-state index < -0.39 is 0 Å². The summed E-state index contributed by atoms with van der Waals surface area (Å²) >= 11 is 15.3. The van der Waals surface area contributed by atoms with Gasteiger partial charge in [-0.05, 0) is 65.2 Å². The molecule has 0 amide bonds. The van der Waals surface area contributed by atoms with Gasteiger partial charge in [-0.25, -0.2) is 0 Å². The largest absolute Gasteiger partial charge is 0.276 e. The first-order chi connectivity index (χ1) is 15.4. The molecule has 0 atom stereocenters. The zero-order valence-electron chi connectivity index (χ0n) is 17.8. The minimum absolute atomic E-state index is 0.653. The molecule has 162 valence electrons. The van der Waals surface area contributed by atoms with Crippen molar-refractivity contribution < 1.29 is 0 Å². The van der Waals surface area contributed by atoms with Gasteiger partial charge in [0.15, 0.2) is 0 Å². The lowest BCUT2D eigenvalue weighted by atomic mass is 10.0. The monoisotopic (exact) mass is 524 g/mol. The summed E-state index contributed by atoms with van der Waals surface area (Å²) in [6.45, 7) is 4.06. The molecule has 2 nitrogen and oxygen atoms in total. The molecule has 0 aliphatic heterocycles. The molecule has 4 aromatic carbocycles. The molecule has 0 aliphatic carbocycles. The van der Waals surface area contributed by atoms with E-state index in [1.165, 1.54) is 5.56 Å². The smallest absolute Gasteiger partial charge is 0.0977 e. The van der Waals surface area contributed by atoms with Crippen LogP contribution in [0.2, 0.25) is 10.0 Å². The van der Waals surface area contributed by atoms with Gasteiger partial charge in [-0.3, -0.25) is 5.43 Å². The van der Waals surface area contributed by atoms with Crippen LogP contribution in [-0.2, 0) is 0 Å². The average Bonchev–Trinajstić information content (AvgIpc) is 2.81. The third kappa shape index (κ3) is 6.96. The van der Waals surface area contributed by atoms with Gasteiger partial charge < -0.3 is 0 Å². The van der Waals surface area contributed by atoms with Crippen molar-refractivity contribution in [2.24, 2.45) is 5.10 Å².